The normalized spacial score (nSPS) is 10.6. The van der Waals surface area contributed by atoms with E-state index in [0.29, 0.717) is 0 Å². The Hall–Kier alpha value is -1.29. The fourth-order valence-corrected chi connectivity index (χ4v) is 1.75. The maximum atomic E-state index is 9.39. The first-order valence-electron chi connectivity index (χ1n) is 4.60. The van der Waals surface area contributed by atoms with E-state index >= 15 is 0 Å². The predicted molar refractivity (Wildman–Crippen MR) is 62.4 cm³/mol. The Morgan fingerprint density at radius 2 is 2.07 bits per heavy atom. The molecule has 1 heterocycles. The van der Waals surface area contributed by atoms with Gasteiger partial charge in [-0.3, -0.25) is 0 Å². The van der Waals surface area contributed by atoms with Crippen LogP contribution in [0.25, 0.3) is 5.69 Å². The number of aromatic nitrogens is 2. The first-order valence-corrected chi connectivity index (χ1v) is 5.40. The first kappa shape index (κ1) is 10.2. The fourth-order valence-electron chi connectivity index (χ4n) is 1.50. The number of aromatic hydroxyl groups is 1. The maximum absolute atomic E-state index is 9.39. The number of benzene rings is 1. The predicted octanol–water partition coefficient (Wildman–Crippen LogP) is 2.96. The number of nitrogens with zero attached hydrogens (tertiary/aromatic N) is 2. The van der Waals surface area contributed by atoms with Crippen LogP contribution in [-0.4, -0.2) is 14.9 Å². The van der Waals surface area contributed by atoms with E-state index in [1.807, 2.05) is 19.9 Å². The summed E-state index contributed by atoms with van der Waals surface area (Å²) in [4.78, 5) is 0. The van der Waals surface area contributed by atoms with E-state index in [2.05, 4.69) is 21.0 Å². The molecule has 0 saturated heterocycles. The smallest absolute Gasteiger partial charge is 0.117 e. The van der Waals surface area contributed by atoms with Gasteiger partial charge >= 0.3 is 0 Å². The molecule has 1 aromatic heterocycles. The van der Waals surface area contributed by atoms with E-state index < -0.39 is 0 Å². The van der Waals surface area contributed by atoms with Crippen molar-refractivity contribution in [3.8, 4) is 11.4 Å². The Morgan fingerprint density at radius 1 is 1.33 bits per heavy atom. The van der Waals surface area contributed by atoms with E-state index in [-0.39, 0.29) is 5.75 Å². The molecule has 2 rings (SSSR count). The lowest BCUT2D eigenvalue weighted by Gasteiger charge is -2.04. The van der Waals surface area contributed by atoms with E-state index in [1.165, 1.54) is 0 Å². The number of phenols is 1. The van der Waals surface area contributed by atoms with E-state index in [9.17, 15) is 5.11 Å². The molecule has 0 amide bonds. The molecule has 0 spiro atoms. The highest BCUT2D eigenvalue weighted by atomic mass is 79.9. The van der Waals surface area contributed by atoms with Crippen LogP contribution >= 0.6 is 15.9 Å². The summed E-state index contributed by atoms with van der Waals surface area (Å²) >= 11 is 3.47. The molecule has 0 bridgehead atoms. The van der Waals surface area contributed by atoms with Crippen LogP contribution in [0.2, 0.25) is 0 Å². The van der Waals surface area contributed by atoms with Gasteiger partial charge in [0.2, 0.25) is 0 Å². The molecule has 1 aromatic carbocycles. The highest BCUT2D eigenvalue weighted by molar-refractivity contribution is 9.10. The highest BCUT2D eigenvalue weighted by Crippen LogP contribution is 2.24. The second-order valence-corrected chi connectivity index (χ2v) is 4.21. The Balaban J connectivity index is 2.59. The van der Waals surface area contributed by atoms with Crippen LogP contribution in [0.1, 0.15) is 11.4 Å². The van der Waals surface area contributed by atoms with E-state index in [1.54, 1.807) is 22.9 Å². The van der Waals surface area contributed by atoms with Crippen molar-refractivity contribution in [2.75, 3.05) is 0 Å². The molecule has 0 atom stereocenters. The minimum atomic E-state index is 0.246. The SMILES string of the molecule is Cc1nn(-c2cccc(O)c2)c(C)c1Br. The van der Waals surface area contributed by atoms with Crippen molar-refractivity contribution in [2.24, 2.45) is 0 Å². The summed E-state index contributed by atoms with van der Waals surface area (Å²) in [6.07, 6.45) is 0. The summed E-state index contributed by atoms with van der Waals surface area (Å²) in [5.74, 6) is 0.246. The van der Waals surface area contributed by atoms with E-state index in [4.69, 9.17) is 0 Å². The molecule has 3 nitrogen and oxygen atoms in total. The topological polar surface area (TPSA) is 38.0 Å². The highest BCUT2D eigenvalue weighted by Gasteiger charge is 2.09. The van der Waals surface area contributed by atoms with Crippen molar-refractivity contribution in [1.29, 1.82) is 0 Å². The van der Waals surface area contributed by atoms with Crippen LogP contribution < -0.4 is 0 Å². The molecule has 0 saturated carbocycles. The van der Waals surface area contributed by atoms with Crippen molar-refractivity contribution in [2.45, 2.75) is 13.8 Å². The molecule has 2 aromatic rings. The molecule has 4 heteroatoms. The molecule has 0 aliphatic heterocycles. The monoisotopic (exact) mass is 266 g/mol. The van der Waals surface area contributed by atoms with Crippen molar-refractivity contribution < 1.29 is 5.11 Å². The Morgan fingerprint density at radius 3 is 2.60 bits per heavy atom. The van der Waals surface area contributed by atoms with Gasteiger partial charge in [0.25, 0.3) is 0 Å². The molecule has 1 N–H and O–H groups in total. The lowest BCUT2D eigenvalue weighted by Crippen LogP contribution is -1.98. The van der Waals surface area contributed by atoms with Gasteiger partial charge in [-0.25, -0.2) is 4.68 Å². The third-order valence-electron chi connectivity index (χ3n) is 2.28. The number of hydrogen-bond acceptors (Lipinski definition) is 2. The second kappa shape index (κ2) is 3.70. The van der Waals surface area contributed by atoms with Crippen LogP contribution in [0.5, 0.6) is 5.75 Å². The summed E-state index contributed by atoms with van der Waals surface area (Å²) in [7, 11) is 0. The van der Waals surface area contributed by atoms with Crippen LogP contribution in [-0.2, 0) is 0 Å². The maximum Gasteiger partial charge on any atom is 0.117 e. The average Bonchev–Trinajstić information content (AvgIpc) is 2.46. The Bertz CT molecular complexity index is 505. The lowest BCUT2D eigenvalue weighted by molar-refractivity contribution is 0.474. The third kappa shape index (κ3) is 1.77. The van der Waals surface area contributed by atoms with Crippen molar-refractivity contribution in [3.05, 3.63) is 40.1 Å². The molecule has 0 fully saturated rings. The van der Waals surface area contributed by atoms with Gasteiger partial charge in [-0.1, -0.05) is 6.07 Å². The van der Waals surface area contributed by atoms with Gasteiger partial charge in [0.15, 0.2) is 0 Å². The number of hydrogen-bond donors (Lipinski definition) is 1. The minimum absolute atomic E-state index is 0.246. The summed E-state index contributed by atoms with van der Waals surface area (Å²) < 4.78 is 2.81. The summed E-state index contributed by atoms with van der Waals surface area (Å²) in [6, 6.07) is 7.04. The minimum Gasteiger partial charge on any atom is -0.508 e. The summed E-state index contributed by atoms with van der Waals surface area (Å²) in [5, 5.41) is 13.8. The third-order valence-corrected chi connectivity index (χ3v) is 3.42. The standard InChI is InChI=1S/C11H11BrN2O/c1-7-11(12)8(2)14(13-7)9-4-3-5-10(15)6-9/h3-6,15H,1-2H3. The van der Waals surface area contributed by atoms with Crippen molar-refractivity contribution in [1.82, 2.24) is 9.78 Å². The Kier molecular flexibility index (Phi) is 2.52. The van der Waals surface area contributed by atoms with Gasteiger partial charge < -0.3 is 5.11 Å². The van der Waals surface area contributed by atoms with Crippen molar-refractivity contribution >= 4 is 15.9 Å². The zero-order valence-electron chi connectivity index (χ0n) is 8.53. The number of aryl methyl sites for hydroxylation is 1. The molecular weight excluding hydrogens is 256 g/mol. The number of rotatable bonds is 1. The second-order valence-electron chi connectivity index (χ2n) is 3.42. The molecule has 78 valence electrons. The van der Waals surface area contributed by atoms with Crippen LogP contribution in [0.4, 0.5) is 0 Å². The van der Waals surface area contributed by atoms with Crippen molar-refractivity contribution in [3.63, 3.8) is 0 Å². The van der Waals surface area contributed by atoms with Gasteiger partial charge in [0, 0.05) is 6.07 Å². The fraction of sp³-hybridized carbons (Fsp3) is 0.182. The quantitative estimate of drug-likeness (QED) is 0.862. The van der Waals surface area contributed by atoms with Gasteiger partial charge in [0.1, 0.15) is 5.75 Å². The number of phenolic OH excluding ortho intramolecular Hbond substituents is 1. The van der Waals surface area contributed by atoms with Gasteiger partial charge in [0.05, 0.1) is 21.5 Å². The first-order chi connectivity index (χ1) is 7.09. The zero-order valence-corrected chi connectivity index (χ0v) is 10.1. The van der Waals surface area contributed by atoms with Crippen LogP contribution in [0.3, 0.4) is 0 Å². The molecule has 0 aliphatic carbocycles. The molecule has 0 unspecified atom stereocenters. The van der Waals surface area contributed by atoms with Crippen LogP contribution in [0.15, 0.2) is 28.7 Å². The summed E-state index contributed by atoms with van der Waals surface area (Å²) in [5.41, 5.74) is 2.83. The van der Waals surface area contributed by atoms with Crippen LogP contribution in [0, 0.1) is 13.8 Å². The van der Waals surface area contributed by atoms with Gasteiger partial charge in [-0.15, -0.1) is 0 Å². The van der Waals surface area contributed by atoms with E-state index in [0.717, 1.165) is 21.5 Å². The Labute approximate surface area is 96.5 Å². The van der Waals surface area contributed by atoms with Gasteiger partial charge in [-0.2, -0.15) is 5.10 Å². The number of halogens is 1. The largest absolute Gasteiger partial charge is 0.508 e. The average molecular weight is 267 g/mol. The molecule has 0 aliphatic rings. The molecule has 15 heavy (non-hydrogen) atoms. The lowest BCUT2D eigenvalue weighted by atomic mass is 10.3. The molecular formula is C11H11BrN2O. The summed E-state index contributed by atoms with van der Waals surface area (Å²) in [6.45, 7) is 3.92. The zero-order chi connectivity index (χ0) is 11.0. The van der Waals surface area contributed by atoms with Gasteiger partial charge in [-0.05, 0) is 41.9 Å². The molecule has 0 radical (unpaired) electrons.